The summed E-state index contributed by atoms with van der Waals surface area (Å²) in [5, 5.41) is 59.6. The summed E-state index contributed by atoms with van der Waals surface area (Å²) in [6.07, 6.45) is 5.25. The minimum absolute atomic E-state index is 0.0249. The number of nitrogens with two attached hydrogens (primary N) is 1. The number of para-hydroxylation sites is 1. The minimum Gasteiger partial charge on any atom is -0.503 e. The third-order valence-corrected chi connectivity index (χ3v) is 17.8. The van der Waals surface area contributed by atoms with E-state index in [4.69, 9.17) is 44.2 Å². The molecule has 448 valence electrons. The Balaban J connectivity index is 0.741. The van der Waals surface area contributed by atoms with E-state index >= 15 is 0 Å². The number of likely N-dealkylation sites (N-methyl/N-ethyl adjacent to an activating group) is 1. The molecule has 4 saturated carbocycles. The molecule has 6 aliphatic rings. The number of aliphatic hydroxyl groups is 3. The molecule has 4 aliphatic carbocycles. The van der Waals surface area contributed by atoms with Crippen molar-refractivity contribution in [3.8, 4) is 22.6 Å². The molecule has 23 nitrogen and oxygen atoms in total. The van der Waals surface area contributed by atoms with E-state index < -0.39 is 53.0 Å². The Labute approximate surface area is 493 Å². The third-order valence-electron chi connectivity index (χ3n) is 16.8. The smallest absolute Gasteiger partial charge is 0.409 e. The standard InChI is InChI=1S/C61H68N8O15S/c1-35-41(39-14-15-46(65-47(39)53(74)75)68-18-16-36-8-7-9-40(42(36)26-68)52(73)66-56-64-43-10-5-6-11-45(43)85-56)25-63-69(35)34-60-29-58(2)28-59(3,30-60)32-61(31-58,33-60)82-21-19-67(4)57(78)81-27-37-12-13-38(80-23-22-79-20-17-62)24-44(37)83-55-50(72)48(70)49(71)51(84-55)54(76)77/h5-15,24-25,55,70-72H,16-23,26-34,62H2,1-4H3,(H,74,75)(H,76,77)(H,64,66,73)/t55-,58-,59?,60?,61?/m0/s1. The molecule has 8 N–H and O–H groups in total. The van der Waals surface area contributed by atoms with Gasteiger partial charge in [-0.25, -0.2) is 24.4 Å². The number of anilines is 2. The van der Waals surface area contributed by atoms with Gasteiger partial charge >= 0.3 is 24.3 Å². The van der Waals surface area contributed by atoms with Gasteiger partial charge in [0.2, 0.25) is 17.3 Å². The number of ether oxygens (including phenoxy) is 6. The number of carbonyl (C=O) groups excluding carboxylic acids is 2. The molecule has 5 atom stereocenters. The van der Waals surface area contributed by atoms with Crippen LogP contribution < -0.4 is 25.4 Å². The van der Waals surface area contributed by atoms with Crippen LogP contribution in [-0.2, 0) is 49.9 Å². The van der Waals surface area contributed by atoms with Gasteiger partial charge < -0.3 is 69.5 Å². The molecular formula is C61H68N8O15S. The zero-order valence-corrected chi connectivity index (χ0v) is 48.4. The number of carboxylic acids is 2. The van der Waals surface area contributed by atoms with Crippen molar-refractivity contribution in [1.29, 1.82) is 0 Å². The Hall–Kier alpha value is -8.45. The molecule has 24 heteroatoms. The zero-order chi connectivity index (χ0) is 60.0. The fraction of sp³-hybridized carbons (Fsp3) is 0.426. The lowest BCUT2D eigenvalue weighted by molar-refractivity contribution is -0.248. The minimum atomic E-state index is -1.91. The van der Waals surface area contributed by atoms with Crippen molar-refractivity contribution in [3.05, 3.63) is 136 Å². The molecule has 12 rings (SSSR count). The van der Waals surface area contributed by atoms with Crippen LogP contribution in [0.15, 0.2) is 102 Å². The van der Waals surface area contributed by atoms with Gasteiger partial charge in [0.25, 0.3) is 11.7 Å². The first-order chi connectivity index (χ1) is 40.6. The lowest BCUT2D eigenvalue weighted by atomic mass is 9.39. The number of amides is 2. The number of carboxylic acid groups (broad SMARTS) is 2. The second kappa shape index (κ2) is 23.2. The monoisotopic (exact) mass is 1180 g/mol. The number of fused-ring (bicyclic) bond motifs is 2. The first-order valence-electron chi connectivity index (χ1n) is 28.1. The number of pyridine rings is 1. The molecule has 2 amide bonds. The van der Waals surface area contributed by atoms with E-state index in [1.165, 1.54) is 28.4 Å². The highest BCUT2D eigenvalue weighted by molar-refractivity contribution is 7.22. The van der Waals surface area contributed by atoms with E-state index in [9.17, 15) is 44.7 Å². The Bertz CT molecular complexity index is 3620. The molecule has 2 aliphatic heterocycles. The molecule has 4 bridgehead atoms. The van der Waals surface area contributed by atoms with Gasteiger partial charge in [0.1, 0.15) is 30.5 Å². The molecule has 0 saturated heterocycles. The fourth-order valence-electron chi connectivity index (χ4n) is 14.3. The molecule has 3 aromatic heterocycles. The number of hydrogen-bond acceptors (Lipinski definition) is 19. The van der Waals surface area contributed by atoms with Crippen molar-refractivity contribution in [2.75, 3.05) is 63.3 Å². The molecule has 0 radical (unpaired) electrons. The van der Waals surface area contributed by atoms with Gasteiger partial charge in [-0.2, -0.15) is 5.10 Å². The number of aromatic nitrogens is 4. The zero-order valence-electron chi connectivity index (χ0n) is 47.6. The van der Waals surface area contributed by atoms with Crippen LogP contribution in [0.1, 0.15) is 95.6 Å². The van der Waals surface area contributed by atoms with Gasteiger partial charge in [-0.3, -0.25) is 14.8 Å². The number of thiazole rings is 1. The highest BCUT2D eigenvalue weighted by Gasteiger charge is 2.66. The Morgan fingerprint density at radius 1 is 0.871 bits per heavy atom. The summed E-state index contributed by atoms with van der Waals surface area (Å²) < 4.78 is 37.8. The third kappa shape index (κ3) is 12.0. The highest BCUT2D eigenvalue weighted by atomic mass is 32.1. The summed E-state index contributed by atoms with van der Waals surface area (Å²) in [6.45, 7) is 9.26. The molecule has 85 heavy (non-hydrogen) atoms. The second-order valence-electron chi connectivity index (χ2n) is 23.7. The number of aliphatic hydroxyl groups excluding tert-OH is 3. The molecule has 0 spiro atoms. The lowest BCUT2D eigenvalue weighted by Crippen LogP contribution is -2.64. The van der Waals surface area contributed by atoms with Crippen molar-refractivity contribution in [2.45, 2.75) is 97.3 Å². The van der Waals surface area contributed by atoms with Crippen LogP contribution in [0.5, 0.6) is 11.5 Å². The highest BCUT2D eigenvalue weighted by Crippen LogP contribution is 2.72. The number of aliphatic carboxylic acids is 1. The number of benzene rings is 3. The number of hydrogen-bond donors (Lipinski definition) is 7. The van der Waals surface area contributed by atoms with Crippen molar-refractivity contribution in [3.63, 3.8) is 0 Å². The molecule has 5 heterocycles. The van der Waals surface area contributed by atoms with E-state index in [1.54, 1.807) is 25.4 Å². The second-order valence-corrected chi connectivity index (χ2v) is 24.8. The fourth-order valence-corrected chi connectivity index (χ4v) is 15.2. The molecule has 6 aromatic rings. The molecule has 3 aromatic carbocycles. The van der Waals surface area contributed by atoms with Gasteiger partial charge in [-0.1, -0.05) is 49.4 Å². The van der Waals surface area contributed by atoms with Crippen molar-refractivity contribution in [2.24, 2.45) is 22.0 Å². The number of nitrogens with one attached hydrogen (secondary N) is 1. The predicted molar refractivity (Wildman–Crippen MR) is 311 cm³/mol. The van der Waals surface area contributed by atoms with Crippen LogP contribution in [-0.4, -0.2) is 139 Å². The Kier molecular flexibility index (Phi) is 15.9. The van der Waals surface area contributed by atoms with Gasteiger partial charge in [0, 0.05) is 73.8 Å². The number of aromatic carboxylic acids is 1. The normalized spacial score (nSPS) is 23.2. The SMILES string of the molecule is Cc1c(-c2ccc(N3CCc4cccc(C(=O)Nc5nc6ccccc6s5)c4C3)nc2C(=O)O)cnn1CC12CC3(C)CC(OCCN(C)C(=O)OCc4ccc(OCCOCCN)cc4O[C@H]4OC(C(=O)O)=C(O)C(O)=C4O)(C1)C[C@@](C)(C3)C2. The topological polar surface area (TPSA) is 313 Å². The summed E-state index contributed by atoms with van der Waals surface area (Å²) in [6, 6.07) is 21.6. The predicted octanol–water partition coefficient (Wildman–Crippen LogP) is 9.05. The maximum absolute atomic E-state index is 13.8. The largest absolute Gasteiger partial charge is 0.503 e. The van der Waals surface area contributed by atoms with Crippen LogP contribution in [0.2, 0.25) is 0 Å². The summed E-state index contributed by atoms with van der Waals surface area (Å²) in [5.41, 5.74) is 10.1. The summed E-state index contributed by atoms with van der Waals surface area (Å²) in [4.78, 5) is 65.0. The van der Waals surface area contributed by atoms with Crippen molar-refractivity contribution in [1.82, 2.24) is 24.6 Å². The summed E-state index contributed by atoms with van der Waals surface area (Å²) in [7, 11) is 1.60. The van der Waals surface area contributed by atoms with Gasteiger partial charge in [0.05, 0.1) is 41.8 Å². The molecule has 3 unspecified atom stereocenters. The molecule has 4 fully saturated rings. The lowest BCUT2D eigenvalue weighted by Gasteiger charge is -2.69. The average molecular weight is 1190 g/mol. The van der Waals surface area contributed by atoms with Crippen LogP contribution in [0.3, 0.4) is 0 Å². The van der Waals surface area contributed by atoms with Crippen LogP contribution in [0, 0.1) is 23.2 Å². The first-order valence-corrected chi connectivity index (χ1v) is 28.9. The Morgan fingerprint density at radius 3 is 2.41 bits per heavy atom. The van der Waals surface area contributed by atoms with Crippen LogP contribution in [0.25, 0.3) is 21.3 Å². The maximum Gasteiger partial charge on any atom is 0.409 e. The van der Waals surface area contributed by atoms with Crippen molar-refractivity contribution >= 4 is 56.4 Å². The van der Waals surface area contributed by atoms with E-state index in [0.717, 1.165) is 65.6 Å². The average Bonchev–Trinajstić information content (AvgIpc) is 0.964. The van der Waals surface area contributed by atoms with Gasteiger partial charge in [-0.05, 0) is 122 Å². The van der Waals surface area contributed by atoms with E-state index in [1.807, 2.05) is 65.0 Å². The van der Waals surface area contributed by atoms with Crippen LogP contribution in [0.4, 0.5) is 15.7 Å². The van der Waals surface area contributed by atoms with E-state index in [2.05, 4.69) is 24.1 Å². The summed E-state index contributed by atoms with van der Waals surface area (Å²) in [5.74, 6) is -6.86. The quantitative estimate of drug-likeness (QED) is 0.0312. The van der Waals surface area contributed by atoms with Crippen LogP contribution >= 0.6 is 11.3 Å². The Morgan fingerprint density at radius 2 is 1.66 bits per heavy atom. The first kappa shape index (κ1) is 58.3. The van der Waals surface area contributed by atoms with Gasteiger partial charge in [-0.15, -0.1) is 0 Å². The van der Waals surface area contributed by atoms with Gasteiger partial charge in [0.15, 0.2) is 10.8 Å². The maximum atomic E-state index is 13.8. The van der Waals surface area contributed by atoms with Crippen molar-refractivity contribution < 1.29 is 73.1 Å². The number of carbonyl (C=O) groups is 4. The summed E-state index contributed by atoms with van der Waals surface area (Å²) >= 11 is 1.41. The van der Waals surface area contributed by atoms with E-state index in [-0.39, 0.29) is 77.9 Å². The number of nitrogens with zero attached hydrogens (tertiary/aromatic N) is 6. The van der Waals surface area contributed by atoms with E-state index in [0.29, 0.717) is 66.8 Å². The number of rotatable bonds is 22. The molecular weight excluding hydrogens is 1120 g/mol.